The molecule has 0 saturated carbocycles. The third-order valence-electron chi connectivity index (χ3n) is 3.16. The number of aliphatic hydroxyl groups excluding tert-OH is 1. The molecule has 0 aliphatic rings. The van der Waals surface area contributed by atoms with E-state index in [9.17, 15) is 0 Å². The fraction of sp³-hybridized carbons (Fsp3) is 0.429. The lowest BCUT2D eigenvalue weighted by Gasteiger charge is -2.19. The highest BCUT2D eigenvalue weighted by molar-refractivity contribution is 5.18. The summed E-state index contributed by atoms with van der Waals surface area (Å²) < 4.78 is 5.28. The Balaban J connectivity index is 2.03. The third-order valence-corrected chi connectivity index (χ3v) is 3.16. The second-order valence-electron chi connectivity index (χ2n) is 4.59. The van der Waals surface area contributed by atoms with E-state index in [2.05, 4.69) is 10.1 Å². The van der Waals surface area contributed by atoms with Crippen LogP contribution in [0.4, 0.5) is 0 Å². The van der Waals surface area contributed by atoms with Gasteiger partial charge in [-0.25, -0.2) is 0 Å². The summed E-state index contributed by atoms with van der Waals surface area (Å²) in [5.74, 6) is 1.27. The van der Waals surface area contributed by atoms with Crippen molar-refractivity contribution in [3.63, 3.8) is 0 Å². The largest absolute Gasteiger partial charge is 0.395 e. The van der Waals surface area contributed by atoms with E-state index in [0.29, 0.717) is 24.7 Å². The average Bonchev–Trinajstić information content (AvgIpc) is 2.88. The summed E-state index contributed by atoms with van der Waals surface area (Å²) in [6, 6.07) is 10.1. The Kier molecular flexibility index (Phi) is 4.65. The summed E-state index contributed by atoms with van der Waals surface area (Å²) >= 11 is 0. The second-order valence-corrected chi connectivity index (χ2v) is 4.59. The van der Waals surface area contributed by atoms with Crippen molar-refractivity contribution in [3.8, 4) is 0 Å². The first kappa shape index (κ1) is 13.7. The predicted molar refractivity (Wildman–Crippen MR) is 71.7 cm³/mol. The maximum atomic E-state index is 8.92. The molecule has 0 aliphatic carbocycles. The molecule has 5 nitrogen and oxygen atoms in total. The SMILES string of the molecule is CC(c1nc(Cc2ccccc2)no1)N(C)CCO. The van der Waals surface area contributed by atoms with Gasteiger partial charge < -0.3 is 9.63 Å². The van der Waals surface area contributed by atoms with Crippen LogP contribution in [0.15, 0.2) is 34.9 Å². The topological polar surface area (TPSA) is 62.4 Å². The highest BCUT2D eigenvalue weighted by atomic mass is 16.5. The molecule has 0 spiro atoms. The minimum Gasteiger partial charge on any atom is -0.395 e. The van der Waals surface area contributed by atoms with Gasteiger partial charge in [-0.05, 0) is 19.5 Å². The first-order valence-corrected chi connectivity index (χ1v) is 6.38. The van der Waals surface area contributed by atoms with Crippen molar-refractivity contribution >= 4 is 0 Å². The number of hydrogen-bond acceptors (Lipinski definition) is 5. The fourth-order valence-corrected chi connectivity index (χ4v) is 1.83. The third kappa shape index (κ3) is 3.62. The molecule has 2 aromatic rings. The van der Waals surface area contributed by atoms with E-state index in [-0.39, 0.29) is 12.6 Å². The molecule has 5 heteroatoms. The molecule has 1 N–H and O–H groups in total. The molecule has 19 heavy (non-hydrogen) atoms. The zero-order valence-corrected chi connectivity index (χ0v) is 11.3. The molecule has 102 valence electrons. The van der Waals surface area contributed by atoms with Crippen molar-refractivity contribution in [2.24, 2.45) is 0 Å². The van der Waals surface area contributed by atoms with Crippen molar-refractivity contribution in [2.45, 2.75) is 19.4 Å². The monoisotopic (exact) mass is 261 g/mol. The molecule has 0 aliphatic heterocycles. The number of benzene rings is 1. The van der Waals surface area contributed by atoms with Gasteiger partial charge in [0.15, 0.2) is 5.82 Å². The van der Waals surface area contributed by atoms with Crippen LogP contribution in [0.2, 0.25) is 0 Å². The van der Waals surface area contributed by atoms with Gasteiger partial charge in [0.1, 0.15) is 0 Å². The van der Waals surface area contributed by atoms with Gasteiger partial charge in [0.2, 0.25) is 5.89 Å². The molecule has 0 saturated heterocycles. The summed E-state index contributed by atoms with van der Waals surface area (Å²) in [4.78, 5) is 6.38. The number of nitrogens with zero attached hydrogens (tertiary/aromatic N) is 3. The molecule has 0 amide bonds. The van der Waals surface area contributed by atoms with E-state index in [0.717, 1.165) is 5.56 Å². The van der Waals surface area contributed by atoms with Gasteiger partial charge in [-0.15, -0.1) is 0 Å². The smallest absolute Gasteiger partial charge is 0.243 e. The van der Waals surface area contributed by atoms with Crippen LogP contribution in [0.25, 0.3) is 0 Å². The van der Waals surface area contributed by atoms with E-state index in [4.69, 9.17) is 9.63 Å². The van der Waals surface area contributed by atoms with E-state index in [1.54, 1.807) is 0 Å². The highest BCUT2D eigenvalue weighted by Crippen LogP contribution is 2.17. The Morgan fingerprint density at radius 3 is 2.74 bits per heavy atom. The van der Waals surface area contributed by atoms with Crippen LogP contribution in [0.3, 0.4) is 0 Å². The number of aromatic nitrogens is 2. The minimum atomic E-state index is 0.00386. The molecule has 2 rings (SSSR count). The van der Waals surface area contributed by atoms with Gasteiger partial charge in [-0.3, -0.25) is 4.90 Å². The molecular weight excluding hydrogens is 242 g/mol. The lowest BCUT2D eigenvalue weighted by molar-refractivity contribution is 0.165. The molecule has 1 unspecified atom stereocenters. The quantitative estimate of drug-likeness (QED) is 0.856. The molecule has 0 bridgehead atoms. The van der Waals surface area contributed by atoms with Crippen LogP contribution < -0.4 is 0 Å². The number of aliphatic hydroxyl groups is 1. The lowest BCUT2D eigenvalue weighted by Crippen LogP contribution is -2.25. The van der Waals surface area contributed by atoms with Crippen molar-refractivity contribution in [3.05, 3.63) is 47.6 Å². The summed E-state index contributed by atoms with van der Waals surface area (Å²) in [5, 5.41) is 12.9. The first-order chi connectivity index (χ1) is 9.20. The molecule has 0 radical (unpaired) electrons. The predicted octanol–water partition coefficient (Wildman–Crippen LogP) is 1.65. The molecule has 1 atom stereocenters. The lowest BCUT2D eigenvalue weighted by atomic mass is 10.1. The van der Waals surface area contributed by atoms with Gasteiger partial charge in [0, 0.05) is 13.0 Å². The van der Waals surface area contributed by atoms with Gasteiger partial charge in [0.05, 0.1) is 12.6 Å². The van der Waals surface area contributed by atoms with Gasteiger partial charge in [-0.1, -0.05) is 35.5 Å². The number of hydrogen-bond donors (Lipinski definition) is 1. The maximum absolute atomic E-state index is 8.92. The van der Waals surface area contributed by atoms with E-state index >= 15 is 0 Å². The molecule has 1 heterocycles. The molecule has 1 aromatic carbocycles. The van der Waals surface area contributed by atoms with Crippen LogP contribution >= 0.6 is 0 Å². The van der Waals surface area contributed by atoms with Crippen molar-refractivity contribution in [1.82, 2.24) is 15.0 Å². The number of likely N-dealkylation sites (N-methyl/N-ethyl adjacent to an activating group) is 1. The van der Waals surface area contributed by atoms with E-state index in [1.165, 1.54) is 0 Å². The Labute approximate surface area is 112 Å². The highest BCUT2D eigenvalue weighted by Gasteiger charge is 2.18. The van der Waals surface area contributed by atoms with Crippen LogP contribution in [0.1, 0.15) is 30.2 Å². The first-order valence-electron chi connectivity index (χ1n) is 6.38. The Hall–Kier alpha value is -1.72. The molecule has 1 aromatic heterocycles. The van der Waals surface area contributed by atoms with Gasteiger partial charge >= 0.3 is 0 Å². The summed E-state index contributed by atoms with van der Waals surface area (Å²) in [6.45, 7) is 2.68. The average molecular weight is 261 g/mol. The summed E-state index contributed by atoms with van der Waals surface area (Å²) in [5.41, 5.74) is 1.16. The van der Waals surface area contributed by atoms with Crippen molar-refractivity contribution in [2.75, 3.05) is 20.2 Å². The van der Waals surface area contributed by atoms with Crippen molar-refractivity contribution < 1.29 is 9.63 Å². The second kappa shape index (κ2) is 6.45. The Morgan fingerprint density at radius 2 is 2.05 bits per heavy atom. The Bertz CT molecular complexity index is 498. The van der Waals surface area contributed by atoms with Crippen LogP contribution in [-0.4, -0.2) is 40.3 Å². The van der Waals surface area contributed by atoms with E-state index in [1.807, 2.05) is 49.2 Å². The molecular formula is C14H19N3O2. The standard InChI is InChI=1S/C14H19N3O2/c1-11(17(2)8-9-18)14-15-13(16-19-14)10-12-6-4-3-5-7-12/h3-7,11,18H,8-10H2,1-2H3. The van der Waals surface area contributed by atoms with Crippen molar-refractivity contribution in [1.29, 1.82) is 0 Å². The fourth-order valence-electron chi connectivity index (χ4n) is 1.83. The van der Waals surface area contributed by atoms with Gasteiger partial charge in [0.25, 0.3) is 0 Å². The maximum Gasteiger partial charge on any atom is 0.243 e. The zero-order chi connectivity index (χ0) is 13.7. The van der Waals surface area contributed by atoms with Gasteiger partial charge in [-0.2, -0.15) is 4.98 Å². The zero-order valence-electron chi connectivity index (χ0n) is 11.3. The Morgan fingerprint density at radius 1 is 1.32 bits per heavy atom. The van der Waals surface area contributed by atoms with Crippen LogP contribution in [-0.2, 0) is 6.42 Å². The van der Waals surface area contributed by atoms with Crippen LogP contribution in [0, 0.1) is 0 Å². The normalized spacial score (nSPS) is 12.8. The van der Waals surface area contributed by atoms with E-state index < -0.39 is 0 Å². The number of rotatable bonds is 6. The minimum absolute atomic E-state index is 0.00386. The molecule has 0 fully saturated rings. The summed E-state index contributed by atoms with van der Waals surface area (Å²) in [6.07, 6.45) is 0.667. The van der Waals surface area contributed by atoms with Crippen LogP contribution in [0.5, 0.6) is 0 Å². The summed E-state index contributed by atoms with van der Waals surface area (Å²) in [7, 11) is 1.92.